The summed E-state index contributed by atoms with van der Waals surface area (Å²) in [6, 6.07) is 15.1. The molecule has 35 heavy (non-hydrogen) atoms. The highest BCUT2D eigenvalue weighted by molar-refractivity contribution is 7.89. The number of piperidine rings is 1. The number of anilines is 2. The van der Waals surface area contributed by atoms with Gasteiger partial charge in [-0.25, -0.2) is 13.4 Å². The highest BCUT2D eigenvalue weighted by atomic mass is 32.2. The Kier molecular flexibility index (Phi) is 6.51. The first-order valence-corrected chi connectivity index (χ1v) is 13.8. The van der Waals surface area contributed by atoms with Crippen molar-refractivity contribution in [3.63, 3.8) is 0 Å². The molecular formula is C27H32N4O3S. The normalized spacial score (nSPS) is 19.3. The summed E-state index contributed by atoms with van der Waals surface area (Å²) in [5.74, 6) is 0.741. The summed E-state index contributed by atoms with van der Waals surface area (Å²) >= 11 is 0. The number of hydrogen-bond donors (Lipinski definition) is 1. The molecule has 1 aromatic heterocycles. The minimum absolute atomic E-state index is 0.0409. The first-order chi connectivity index (χ1) is 16.8. The van der Waals surface area contributed by atoms with Gasteiger partial charge in [-0.1, -0.05) is 17.7 Å². The van der Waals surface area contributed by atoms with Crippen molar-refractivity contribution in [2.75, 3.05) is 36.4 Å². The van der Waals surface area contributed by atoms with Gasteiger partial charge in [-0.15, -0.1) is 0 Å². The molecule has 8 heteroatoms. The van der Waals surface area contributed by atoms with Gasteiger partial charge < -0.3 is 10.2 Å². The van der Waals surface area contributed by atoms with Crippen molar-refractivity contribution in [2.24, 2.45) is 5.92 Å². The molecule has 2 aromatic carbocycles. The smallest absolute Gasteiger partial charge is 0.243 e. The number of carbonyl (C=O) groups excluding carboxylic acids is 1. The number of aryl methyl sites for hydroxylation is 2. The van der Waals surface area contributed by atoms with Gasteiger partial charge in [0.15, 0.2) is 0 Å². The van der Waals surface area contributed by atoms with Gasteiger partial charge in [0.2, 0.25) is 15.9 Å². The van der Waals surface area contributed by atoms with Crippen LogP contribution >= 0.6 is 0 Å². The van der Waals surface area contributed by atoms with Gasteiger partial charge in [0, 0.05) is 37.3 Å². The Hall–Kier alpha value is -2.97. The Morgan fingerprint density at radius 2 is 1.77 bits per heavy atom. The zero-order chi connectivity index (χ0) is 24.6. The Bertz CT molecular complexity index is 1370. The molecule has 2 fully saturated rings. The number of fused-ring (bicyclic) bond motifs is 1. The number of pyridine rings is 1. The lowest BCUT2D eigenvalue weighted by Crippen LogP contribution is -2.41. The van der Waals surface area contributed by atoms with E-state index in [0.29, 0.717) is 24.5 Å². The van der Waals surface area contributed by atoms with E-state index >= 15 is 0 Å². The highest BCUT2D eigenvalue weighted by Crippen LogP contribution is 2.28. The molecule has 0 aliphatic carbocycles. The van der Waals surface area contributed by atoms with Gasteiger partial charge in [0.25, 0.3) is 0 Å². The van der Waals surface area contributed by atoms with Crippen LogP contribution in [0.1, 0.15) is 36.8 Å². The first-order valence-electron chi connectivity index (χ1n) is 12.4. The van der Waals surface area contributed by atoms with Crippen LogP contribution in [0.3, 0.4) is 0 Å². The van der Waals surface area contributed by atoms with Crippen LogP contribution in [0.2, 0.25) is 0 Å². The maximum atomic E-state index is 13.0. The van der Waals surface area contributed by atoms with E-state index in [2.05, 4.69) is 16.3 Å². The third kappa shape index (κ3) is 4.90. The molecule has 2 aliphatic rings. The van der Waals surface area contributed by atoms with Crippen LogP contribution in [-0.4, -0.2) is 49.8 Å². The first kappa shape index (κ1) is 23.8. The molecule has 0 radical (unpaired) electrons. The molecule has 3 aromatic rings. The Morgan fingerprint density at radius 1 is 0.971 bits per heavy atom. The molecule has 3 heterocycles. The predicted octanol–water partition coefficient (Wildman–Crippen LogP) is 4.49. The number of hydrogen-bond acceptors (Lipinski definition) is 5. The van der Waals surface area contributed by atoms with Crippen LogP contribution in [0.15, 0.2) is 53.4 Å². The number of sulfonamides is 1. The summed E-state index contributed by atoms with van der Waals surface area (Å²) in [5, 5.41) is 3.91. The van der Waals surface area contributed by atoms with Crippen LogP contribution in [0.25, 0.3) is 10.9 Å². The van der Waals surface area contributed by atoms with Gasteiger partial charge in [0.1, 0.15) is 5.82 Å². The third-order valence-corrected chi connectivity index (χ3v) is 9.00. The summed E-state index contributed by atoms with van der Waals surface area (Å²) in [4.78, 5) is 20.3. The van der Waals surface area contributed by atoms with Crippen molar-refractivity contribution in [3.05, 3.63) is 59.7 Å². The van der Waals surface area contributed by atoms with Gasteiger partial charge in [-0.05, 0) is 81.5 Å². The molecule has 5 rings (SSSR count). The number of nitrogens with one attached hydrogen (secondary N) is 1. The van der Waals surface area contributed by atoms with Gasteiger partial charge >= 0.3 is 0 Å². The molecule has 0 saturated carbocycles. The van der Waals surface area contributed by atoms with Gasteiger partial charge in [-0.2, -0.15) is 4.31 Å². The molecule has 7 nitrogen and oxygen atoms in total. The van der Waals surface area contributed by atoms with Crippen LogP contribution in [0, 0.1) is 19.8 Å². The number of carbonyl (C=O) groups is 1. The van der Waals surface area contributed by atoms with Crippen LogP contribution in [0.4, 0.5) is 11.5 Å². The molecule has 0 bridgehead atoms. The Morgan fingerprint density at radius 3 is 2.54 bits per heavy atom. The quantitative estimate of drug-likeness (QED) is 0.567. The maximum absolute atomic E-state index is 13.0. The molecule has 2 saturated heterocycles. The average molecular weight is 493 g/mol. The van der Waals surface area contributed by atoms with Gasteiger partial charge in [-0.3, -0.25) is 4.79 Å². The second-order valence-electron chi connectivity index (χ2n) is 9.73. The summed E-state index contributed by atoms with van der Waals surface area (Å²) in [6.07, 6.45) is 3.59. The monoisotopic (exact) mass is 492 g/mol. The van der Waals surface area contributed by atoms with Crippen molar-refractivity contribution in [1.82, 2.24) is 9.29 Å². The zero-order valence-electron chi connectivity index (χ0n) is 20.3. The van der Waals surface area contributed by atoms with Crippen LogP contribution < -0.4 is 10.2 Å². The standard InChI is InChI=1S/C27H32N4O3S/c1-19-7-10-24(20(2)16-19)29-27(32)22-6-5-13-30(18-22)26-12-8-21-17-23(9-11-25(21)28-26)35(33,34)31-14-3-4-15-31/h7-12,16-17,22H,3-6,13-15,18H2,1-2H3,(H,29,32). The zero-order valence-corrected chi connectivity index (χ0v) is 21.1. The van der Waals surface area contributed by atoms with Crippen LogP contribution in [0.5, 0.6) is 0 Å². The molecule has 1 N–H and O–H groups in total. The molecule has 1 unspecified atom stereocenters. The molecule has 1 atom stereocenters. The fraction of sp³-hybridized carbons (Fsp3) is 0.407. The Labute approximate surface area is 207 Å². The van der Waals surface area contributed by atoms with Crippen molar-refractivity contribution in [3.8, 4) is 0 Å². The fourth-order valence-electron chi connectivity index (χ4n) is 5.09. The number of nitrogens with zero attached hydrogens (tertiary/aromatic N) is 3. The molecule has 1 amide bonds. The predicted molar refractivity (Wildman–Crippen MR) is 139 cm³/mol. The van der Waals surface area contributed by atoms with E-state index in [-0.39, 0.29) is 11.8 Å². The lowest BCUT2D eigenvalue weighted by atomic mass is 9.96. The second kappa shape index (κ2) is 9.59. The minimum atomic E-state index is -3.46. The SMILES string of the molecule is Cc1ccc(NC(=O)C2CCCN(c3ccc4cc(S(=O)(=O)N5CCCC5)ccc4n3)C2)c(C)c1. The number of benzene rings is 2. The Balaban J connectivity index is 1.31. The average Bonchev–Trinajstić information content (AvgIpc) is 3.41. The maximum Gasteiger partial charge on any atom is 0.243 e. The molecule has 0 spiro atoms. The highest BCUT2D eigenvalue weighted by Gasteiger charge is 2.29. The van der Waals surface area contributed by atoms with E-state index in [1.165, 1.54) is 5.56 Å². The summed E-state index contributed by atoms with van der Waals surface area (Å²) in [6.45, 7) is 6.68. The molecule has 2 aliphatic heterocycles. The van der Waals surface area contributed by atoms with E-state index in [9.17, 15) is 13.2 Å². The number of aromatic nitrogens is 1. The van der Waals surface area contributed by atoms with Crippen molar-refractivity contribution >= 4 is 38.3 Å². The van der Waals surface area contributed by atoms with Crippen LogP contribution in [-0.2, 0) is 14.8 Å². The summed E-state index contributed by atoms with van der Waals surface area (Å²) in [5.41, 5.74) is 3.85. The lowest BCUT2D eigenvalue weighted by molar-refractivity contribution is -0.120. The third-order valence-electron chi connectivity index (χ3n) is 7.10. The van der Waals surface area contributed by atoms with E-state index in [1.54, 1.807) is 22.5 Å². The number of rotatable bonds is 5. The van der Waals surface area contributed by atoms with Gasteiger partial charge in [0.05, 0.1) is 16.3 Å². The summed E-state index contributed by atoms with van der Waals surface area (Å²) in [7, 11) is -3.46. The molecular weight excluding hydrogens is 460 g/mol. The second-order valence-corrected chi connectivity index (χ2v) is 11.7. The van der Waals surface area contributed by atoms with Crippen molar-refractivity contribution < 1.29 is 13.2 Å². The molecule has 184 valence electrons. The van der Waals surface area contributed by atoms with E-state index in [4.69, 9.17) is 4.98 Å². The largest absolute Gasteiger partial charge is 0.356 e. The summed E-state index contributed by atoms with van der Waals surface area (Å²) < 4.78 is 27.4. The van der Waals surface area contributed by atoms with Crippen molar-refractivity contribution in [2.45, 2.75) is 44.4 Å². The lowest BCUT2D eigenvalue weighted by Gasteiger charge is -2.33. The van der Waals surface area contributed by atoms with Crippen molar-refractivity contribution in [1.29, 1.82) is 0 Å². The topological polar surface area (TPSA) is 82.6 Å². The fourth-order valence-corrected chi connectivity index (χ4v) is 6.65. The van der Waals surface area contributed by atoms with E-state index in [0.717, 1.165) is 60.2 Å². The van der Waals surface area contributed by atoms with E-state index in [1.807, 2.05) is 38.1 Å². The minimum Gasteiger partial charge on any atom is -0.356 e. The van der Waals surface area contributed by atoms with E-state index < -0.39 is 10.0 Å². The number of amides is 1.